The molecule has 8 unspecified atom stereocenters. The van der Waals surface area contributed by atoms with Gasteiger partial charge in [0.15, 0.2) is 11.5 Å². The normalized spacial score (nSPS) is 28.0. The number of phenols is 1. The summed E-state index contributed by atoms with van der Waals surface area (Å²) in [5, 5.41) is 13.9. The predicted molar refractivity (Wildman–Crippen MR) is 170 cm³/mol. The Morgan fingerprint density at radius 3 is 2.46 bits per heavy atom. The first-order chi connectivity index (χ1) is 22.1. The highest BCUT2D eigenvalue weighted by molar-refractivity contribution is 8.00. The summed E-state index contributed by atoms with van der Waals surface area (Å²) in [6, 6.07) is 10.4. The van der Waals surface area contributed by atoms with Gasteiger partial charge in [-0.2, -0.15) is 0 Å². The van der Waals surface area contributed by atoms with Gasteiger partial charge in [-0.3, -0.25) is 24.1 Å². The number of likely N-dealkylation sites (tertiary alicyclic amines) is 1. The van der Waals surface area contributed by atoms with Crippen molar-refractivity contribution in [2.24, 2.45) is 29.6 Å². The van der Waals surface area contributed by atoms with E-state index in [1.807, 2.05) is 19.1 Å². The standard InChI is InChI=1S/C33H33N3O8S2/c1-4-43-21-12-16(8-11-20(21)37)22-23-18-13-19(26(23)45-29-27(22)46-33(42)35-29)25-24(18)30(39)36(31(25)40)14(3)28(38)34-17-9-6-15(7-10-17)32(41)44-5-2/h6-12,14,18-19,22-26,37H,4-5,13H2,1-3H3,(H,34,38)(H,35,42). The van der Waals surface area contributed by atoms with E-state index < -0.39 is 29.8 Å². The summed E-state index contributed by atoms with van der Waals surface area (Å²) >= 11 is 2.74. The second kappa shape index (κ2) is 11.6. The summed E-state index contributed by atoms with van der Waals surface area (Å²) in [7, 11) is 0. The van der Waals surface area contributed by atoms with Crippen LogP contribution in [-0.2, 0) is 19.1 Å². The number of fused-ring (bicyclic) bond motifs is 9. The summed E-state index contributed by atoms with van der Waals surface area (Å²) in [5.41, 5.74) is 1.65. The summed E-state index contributed by atoms with van der Waals surface area (Å²) in [6.07, 6.45) is 0.711. The zero-order chi connectivity index (χ0) is 32.4. The first-order valence-corrected chi connectivity index (χ1v) is 17.1. The predicted octanol–water partition coefficient (Wildman–Crippen LogP) is 4.22. The van der Waals surface area contributed by atoms with E-state index in [4.69, 9.17) is 9.47 Å². The minimum Gasteiger partial charge on any atom is -0.504 e. The molecule has 2 bridgehead atoms. The lowest BCUT2D eigenvalue weighted by Gasteiger charge is -2.43. The third-order valence-electron chi connectivity index (χ3n) is 9.83. The van der Waals surface area contributed by atoms with Crippen LogP contribution in [0.2, 0.25) is 0 Å². The molecule has 1 aromatic heterocycles. The van der Waals surface area contributed by atoms with E-state index in [0.717, 1.165) is 31.7 Å². The Balaban J connectivity index is 1.16. The molecule has 1 saturated heterocycles. The maximum Gasteiger partial charge on any atom is 0.338 e. The van der Waals surface area contributed by atoms with Crippen molar-refractivity contribution < 1.29 is 33.8 Å². The molecular formula is C33H33N3O8S2. The van der Waals surface area contributed by atoms with Crippen molar-refractivity contribution in [1.82, 2.24) is 9.88 Å². The lowest BCUT2D eigenvalue weighted by atomic mass is 9.68. The lowest BCUT2D eigenvalue weighted by Crippen LogP contribution is -2.46. The second-order valence-corrected chi connectivity index (χ2v) is 14.3. The van der Waals surface area contributed by atoms with E-state index in [9.17, 15) is 29.1 Å². The number of hydrogen-bond donors (Lipinski definition) is 3. The van der Waals surface area contributed by atoms with E-state index in [1.165, 1.54) is 0 Å². The van der Waals surface area contributed by atoms with Crippen LogP contribution in [0.15, 0.2) is 52.3 Å². The fourth-order valence-corrected chi connectivity index (χ4v) is 10.9. The zero-order valence-corrected chi connectivity index (χ0v) is 27.0. The number of anilines is 1. The van der Waals surface area contributed by atoms with Crippen molar-refractivity contribution in [3.63, 3.8) is 0 Å². The van der Waals surface area contributed by atoms with Gasteiger partial charge in [-0.15, -0.1) is 11.8 Å². The van der Waals surface area contributed by atoms with Gasteiger partial charge in [-0.1, -0.05) is 17.4 Å². The van der Waals surface area contributed by atoms with Crippen molar-refractivity contribution in [3.05, 3.63) is 68.1 Å². The summed E-state index contributed by atoms with van der Waals surface area (Å²) in [4.78, 5) is 70.8. The minimum absolute atomic E-state index is 0.0166. The number of phenolic OH excluding ortho intramolecular Hbond substituents is 1. The number of rotatable bonds is 8. The Labute approximate surface area is 272 Å². The number of H-pyrrole nitrogens is 1. The first kappa shape index (κ1) is 30.5. The van der Waals surface area contributed by atoms with Crippen LogP contribution in [0.3, 0.4) is 0 Å². The van der Waals surface area contributed by atoms with E-state index in [1.54, 1.807) is 55.9 Å². The van der Waals surface area contributed by atoms with Crippen LogP contribution < -0.4 is 14.9 Å². The Kier molecular flexibility index (Phi) is 7.71. The maximum atomic E-state index is 14.1. The van der Waals surface area contributed by atoms with E-state index in [2.05, 4.69) is 10.3 Å². The third-order valence-corrected chi connectivity index (χ3v) is 12.4. The van der Waals surface area contributed by atoms with Crippen molar-refractivity contribution in [3.8, 4) is 11.5 Å². The Hall–Kier alpha value is -4.10. The van der Waals surface area contributed by atoms with Crippen LogP contribution in [0, 0.1) is 29.6 Å². The van der Waals surface area contributed by atoms with Gasteiger partial charge in [0.05, 0.1) is 35.6 Å². The molecule has 2 aliphatic carbocycles. The van der Waals surface area contributed by atoms with Crippen LogP contribution in [-0.4, -0.2) is 63.2 Å². The molecule has 3 aromatic rings. The highest BCUT2D eigenvalue weighted by Gasteiger charge is 2.70. The summed E-state index contributed by atoms with van der Waals surface area (Å²) in [5.74, 6) is -2.82. The molecule has 3 heterocycles. The topological polar surface area (TPSA) is 155 Å². The monoisotopic (exact) mass is 663 g/mol. The number of nitrogens with one attached hydrogen (secondary N) is 2. The van der Waals surface area contributed by atoms with Gasteiger partial charge in [0.25, 0.3) is 0 Å². The number of imide groups is 1. The number of aromatic hydroxyl groups is 1. The number of aromatic amines is 1. The van der Waals surface area contributed by atoms with Gasteiger partial charge in [-0.05, 0) is 86.9 Å². The van der Waals surface area contributed by atoms with Crippen molar-refractivity contribution >= 4 is 52.5 Å². The second-order valence-electron chi connectivity index (χ2n) is 12.1. The highest BCUT2D eigenvalue weighted by Crippen LogP contribution is 2.68. The molecule has 7 rings (SSSR count). The largest absolute Gasteiger partial charge is 0.504 e. The molecule has 11 nitrogen and oxygen atoms in total. The van der Waals surface area contributed by atoms with Crippen LogP contribution in [0.5, 0.6) is 11.5 Å². The number of hydrogen-bond acceptors (Lipinski definition) is 10. The fourth-order valence-electron chi connectivity index (χ4n) is 8.06. The molecule has 3 amide bonds. The maximum absolute atomic E-state index is 14.1. The van der Waals surface area contributed by atoms with Crippen LogP contribution in [0.25, 0.3) is 0 Å². The van der Waals surface area contributed by atoms with Gasteiger partial charge in [-0.25, -0.2) is 4.79 Å². The SMILES string of the molecule is CCOC(=O)c1ccc(NC(=O)C(C)N2C(=O)C3C4CC(C3C2=O)C2C(c3ccc(O)c(OCC)c3)c3sc(=O)[nH]c3SC42)cc1. The van der Waals surface area contributed by atoms with E-state index >= 15 is 0 Å². The molecule has 3 N–H and O–H groups in total. The van der Waals surface area contributed by atoms with Crippen molar-refractivity contribution in [2.75, 3.05) is 18.5 Å². The molecule has 8 atom stereocenters. The Bertz CT molecular complexity index is 1800. The van der Waals surface area contributed by atoms with Crippen LogP contribution in [0.1, 0.15) is 53.9 Å². The van der Waals surface area contributed by atoms with Crippen molar-refractivity contribution in [1.29, 1.82) is 0 Å². The fraction of sp³-hybridized carbons (Fsp3) is 0.424. The summed E-state index contributed by atoms with van der Waals surface area (Å²) < 4.78 is 10.7. The van der Waals surface area contributed by atoms with Gasteiger partial charge in [0, 0.05) is 21.7 Å². The van der Waals surface area contributed by atoms with E-state index in [0.29, 0.717) is 30.0 Å². The molecule has 2 aromatic carbocycles. The molecule has 46 heavy (non-hydrogen) atoms. The number of carbonyl (C=O) groups excluding carboxylic acids is 4. The molecule has 0 spiro atoms. The van der Waals surface area contributed by atoms with Crippen molar-refractivity contribution in [2.45, 2.75) is 49.4 Å². The smallest absolute Gasteiger partial charge is 0.338 e. The number of nitrogens with zero attached hydrogens (tertiary/aromatic N) is 1. The third kappa shape index (κ3) is 4.74. The Morgan fingerprint density at radius 2 is 1.76 bits per heavy atom. The number of aromatic nitrogens is 1. The quantitative estimate of drug-likeness (QED) is 0.237. The number of esters is 1. The zero-order valence-electron chi connectivity index (χ0n) is 25.4. The molecule has 3 fully saturated rings. The lowest BCUT2D eigenvalue weighted by molar-refractivity contribution is -0.146. The first-order valence-electron chi connectivity index (χ1n) is 15.4. The number of carbonyl (C=O) groups is 4. The molecule has 2 aliphatic heterocycles. The summed E-state index contributed by atoms with van der Waals surface area (Å²) in [6.45, 7) is 5.73. The average Bonchev–Trinajstić information content (AvgIpc) is 3.77. The number of ether oxygens (including phenoxy) is 2. The molecule has 240 valence electrons. The number of amides is 3. The molecule has 0 radical (unpaired) electrons. The Morgan fingerprint density at radius 1 is 1.04 bits per heavy atom. The van der Waals surface area contributed by atoms with Gasteiger partial charge >= 0.3 is 10.8 Å². The average molecular weight is 664 g/mol. The number of benzene rings is 2. The molecular weight excluding hydrogens is 631 g/mol. The van der Waals surface area contributed by atoms with Gasteiger partial charge in [0.2, 0.25) is 17.7 Å². The molecule has 13 heteroatoms. The van der Waals surface area contributed by atoms with Crippen LogP contribution in [0.4, 0.5) is 5.69 Å². The van der Waals surface area contributed by atoms with Gasteiger partial charge in [0.1, 0.15) is 6.04 Å². The molecule has 4 aliphatic rings. The van der Waals surface area contributed by atoms with Crippen LogP contribution >= 0.6 is 23.1 Å². The number of thioether (sulfide) groups is 1. The molecule has 2 saturated carbocycles. The minimum atomic E-state index is -1.04. The van der Waals surface area contributed by atoms with E-state index in [-0.39, 0.29) is 58.0 Å². The van der Waals surface area contributed by atoms with Gasteiger partial charge < -0.3 is 24.9 Å². The highest BCUT2D eigenvalue weighted by atomic mass is 32.2. The number of thiazole rings is 1.